The van der Waals surface area contributed by atoms with Crippen molar-refractivity contribution in [3.63, 3.8) is 0 Å². The Labute approximate surface area is 116 Å². The van der Waals surface area contributed by atoms with Crippen molar-refractivity contribution in [2.45, 2.75) is 6.04 Å². The third kappa shape index (κ3) is 3.10. The van der Waals surface area contributed by atoms with Crippen LogP contribution in [0.1, 0.15) is 10.4 Å². The Hall–Kier alpha value is -1.47. The number of ether oxygens (including phenoxy) is 1. The van der Waals surface area contributed by atoms with Crippen molar-refractivity contribution in [2.24, 2.45) is 5.92 Å². The zero-order valence-corrected chi connectivity index (χ0v) is 11.3. The van der Waals surface area contributed by atoms with Crippen LogP contribution in [0.15, 0.2) is 22.7 Å². The lowest BCUT2D eigenvalue weighted by atomic mass is 10.0. The van der Waals surface area contributed by atoms with E-state index in [4.69, 9.17) is 9.84 Å². The second kappa shape index (κ2) is 5.66. The van der Waals surface area contributed by atoms with Gasteiger partial charge in [-0.05, 0) is 34.1 Å². The van der Waals surface area contributed by atoms with Gasteiger partial charge in [0.1, 0.15) is 11.7 Å². The SMILES string of the molecule is O=C(NC1COCC1C(=O)O)c1ccc(F)c(Br)c1. The molecule has 2 unspecified atom stereocenters. The molecule has 2 atom stereocenters. The number of benzene rings is 1. The summed E-state index contributed by atoms with van der Waals surface area (Å²) >= 11 is 2.99. The fourth-order valence-corrected chi connectivity index (χ4v) is 2.21. The maximum absolute atomic E-state index is 13.1. The van der Waals surface area contributed by atoms with E-state index in [9.17, 15) is 14.0 Å². The van der Waals surface area contributed by atoms with Crippen LogP contribution in [0.25, 0.3) is 0 Å². The summed E-state index contributed by atoms with van der Waals surface area (Å²) in [7, 11) is 0. The molecule has 2 rings (SSSR count). The zero-order valence-electron chi connectivity index (χ0n) is 9.73. The van der Waals surface area contributed by atoms with Gasteiger partial charge in [0.05, 0.1) is 23.7 Å². The van der Waals surface area contributed by atoms with Crippen molar-refractivity contribution in [1.29, 1.82) is 0 Å². The van der Waals surface area contributed by atoms with Gasteiger partial charge in [-0.15, -0.1) is 0 Å². The second-order valence-electron chi connectivity index (χ2n) is 4.19. The summed E-state index contributed by atoms with van der Waals surface area (Å²) in [5.74, 6) is -2.69. The van der Waals surface area contributed by atoms with Crippen molar-refractivity contribution < 1.29 is 23.8 Å². The number of carboxylic acid groups (broad SMARTS) is 1. The monoisotopic (exact) mass is 331 g/mol. The van der Waals surface area contributed by atoms with E-state index in [2.05, 4.69) is 21.2 Å². The third-order valence-corrected chi connectivity index (χ3v) is 3.50. The standard InChI is InChI=1S/C12H11BrFNO4/c13-8-3-6(1-2-9(8)14)11(16)15-10-5-19-4-7(10)12(17)18/h1-3,7,10H,4-5H2,(H,15,16)(H,17,18). The maximum atomic E-state index is 13.1. The molecule has 1 aromatic rings. The summed E-state index contributed by atoms with van der Waals surface area (Å²) in [6, 6.07) is 3.27. The van der Waals surface area contributed by atoms with Crippen molar-refractivity contribution in [3.05, 3.63) is 34.1 Å². The molecule has 0 aliphatic carbocycles. The van der Waals surface area contributed by atoms with Crippen LogP contribution < -0.4 is 5.32 Å². The smallest absolute Gasteiger partial charge is 0.311 e. The number of hydrogen-bond acceptors (Lipinski definition) is 3. The minimum atomic E-state index is -1.01. The number of aliphatic carboxylic acids is 1. The highest BCUT2D eigenvalue weighted by atomic mass is 79.9. The summed E-state index contributed by atoms with van der Waals surface area (Å²) in [6.07, 6.45) is 0. The number of carbonyl (C=O) groups excluding carboxylic acids is 1. The minimum Gasteiger partial charge on any atom is -0.481 e. The van der Waals surface area contributed by atoms with Gasteiger partial charge in [0.15, 0.2) is 0 Å². The Morgan fingerprint density at radius 2 is 2.16 bits per heavy atom. The molecule has 1 amide bonds. The molecule has 1 aliphatic rings. The summed E-state index contributed by atoms with van der Waals surface area (Å²) in [5.41, 5.74) is 0.254. The van der Waals surface area contributed by atoms with E-state index in [1.165, 1.54) is 18.2 Å². The molecule has 2 N–H and O–H groups in total. The molecule has 1 fully saturated rings. The van der Waals surface area contributed by atoms with Gasteiger partial charge < -0.3 is 15.2 Å². The van der Waals surface area contributed by atoms with Crippen LogP contribution in [0.3, 0.4) is 0 Å². The first kappa shape index (κ1) is 14.0. The molecular weight excluding hydrogens is 321 g/mol. The molecule has 0 saturated carbocycles. The van der Waals surface area contributed by atoms with Gasteiger partial charge in [-0.2, -0.15) is 0 Å². The van der Waals surface area contributed by atoms with Crippen molar-refractivity contribution in [2.75, 3.05) is 13.2 Å². The van der Waals surface area contributed by atoms with Crippen LogP contribution in [0.4, 0.5) is 4.39 Å². The molecule has 1 saturated heterocycles. The van der Waals surface area contributed by atoms with E-state index in [1.54, 1.807) is 0 Å². The fraction of sp³-hybridized carbons (Fsp3) is 0.333. The number of hydrogen-bond donors (Lipinski definition) is 2. The normalized spacial score (nSPS) is 22.2. The largest absolute Gasteiger partial charge is 0.481 e. The molecule has 1 aliphatic heterocycles. The van der Waals surface area contributed by atoms with Crippen LogP contribution >= 0.6 is 15.9 Å². The van der Waals surface area contributed by atoms with Crippen molar-refractivity contribution >= 4 is 27.8 Å². The average Bonchev–Trinajstić information content (AvgIpc) is 2.80. The second-order valence-corrected chi connectivity index (χ2v) is 5.05. The van der Waals surface area contributed by atoms with E-state index in [-0.39, 0.29) is 23.2 Å². The Morgan fingerprint density at radius 1 is 1.42 bits per heavy atom. The Kier molecular flexibility index (Phi) is 4.16. The number of rotatable bonds is 3. The van der Waals surface area contributed by atoms with Crippen LogP contribution in [-0.4, -0.2) is 36.2 Å². The first-order chi connectivity index (χ1) is 8.99. The van der Waals surface area contributed by atoms with Gasteiger partial charge in [-0.3, -0.25) is 9.59 Å². The molecule has 102 valence electrons. The van der Waals surface area contributed by atoms with E-state index >= 15 is 0 Å². The Balaban J connectivity index is 2.08. The molecular formula is C12H11BrFNO4. The van der Waals surface area contributed by atoms with E-state index < -0.39 is 29.7 Å². The topological polar surface area (TPSA) is 75.6 Å². The molecule has 7 heteroatoms. The summed E-state index contributed by atoms with van der Waals surface area (Å²) in [5, 5.41) is 11.5. The lowest BCUT2D eigenvalue weighted by Crippen LogP contribution is -2.42. The Morgan fingerprint density at radius 3 is 2.79 bits per heavy atom. The van der Waals surface area contributed by atoms with Crippen LogP contribution in [0.2, 0.25) is 0 Å². The fourth-order valence-electron chi connectivity index (χ4n) is 1.83. The highest BCUT2D eigenvalue weighted by Gasteiger charge is 2.35. The molecule has 19 heavy (non-hydrogen) atoms. The highest BCUT2D eigenvalue weighted by Crippen LogP contribution is 2.18. The molecule has 0 radical (unpaired) electrons. The average molecular weight is 332 g/mol. The van der Waals surface area contributed by atoms with Crippen LogP contribution in [0.5, 0.6) is 0 Å². The van der Waals surface area contributed by atoms with Gasteiger partial charge in [0, 0.05) is 5.56 Å². The van der Waals surface area contributed by atoms with E-state index in [1.807, 2.05) is 0 Å². The molecule has 0 spiro atoms. The predicted octanol–water partition coefficient (Wildman–Crippen LogP) is 1.42. The number of carbonyl (C=O) groups is 2. The van der Waals surface area contributed by atoms with Gasteiger partial charge >= 0.3 is 5.97 Å². The number of nitrogens with one attached hydrogen (secondary N) is 1. The zero-order chi connectivity index (χ0) is 14.0. The molecule has 5 nitrogen and oxygen atoms in total. The number of carboxylic acids is 1. The van der Waals surface area contributed by atoms with Crippen molar-refractivity contribution in [1.82, 2.24) is 5.32 Å². The van der Waals surface area contributed by atoms with Gasteiger partial charge in [-0.25, -0.2) is 4.39 Å². The first-order valence-electron chi connectivity index (χ1n) is 5.55. The van der Waals surface area contributed by atoms with Gasteiger partial charge in [0.2, 0.25) is 0 Å². The van der Waals surface area contributed by atoms with Gasteiger partial charge in [0.25, 0.3) is 5.91 Å². The quantitative estimate of drug-likeness (QED) is 0.878. The van der Waals surface area contributed by atoms with Crippen LogP contribution in [0, 0.1) is 11.7 Å². The van der Waals surface area contributed by atoms with Crippen LogP contribution in [-0.2, 0) is 9.53 Å². The summed E-state index contributed by atoms with van der Waals surface area (Å²) < 4.78 is 18.3. The van der Waals surface area contributed by atoms with Gasteiger partial charge in [-0.1, -0.05) is 0 Å². The molecule has 1 heterocycles. The maximum Gasteiger partial charge on any atom is 0.311 e. The molecule has 1 aromatic carbocycles. The highest BCUT2D eigenvalue weighted by molar-refractivity contribution is 9.10. The number of halogens is 2. The van der Waals surface area contributed by atoms with Crippen molar-refractivity contribution in [3.8, 4) is 0 Å². The minimum absolute atomic E-state index is 0.0768. The lowest BCUT2D eigenvalue weighted by Gasteiger charge is -2.15. The molecule has 0 bridgehead atoms. The Bertz CT molecular complexity index is 522. The predicted molar refractivity (Wildman–Crippen MR) is 67.3 cm³/mol. The lowest BCUT2D eigenvalue weighted by molar-refractivity contribution is -0.142. The number of amides is 1. The van der Waals surface area contributed by atoms with E-state index in [0.29, 0.717) is 0 Å². The van der Waals surface area contributed by atoms with E-state index in [0.717, 1.165) is 0 Å². The molecule has 0 aromatic heterocycles. The summed E-state index contributed by atoms with van der Waals surface area (Å²) in [4.78, 5) is 22.9. The summed E-state index contributed by atoms with van der Waals surface area (Å²) in [6.45, 7) is 0.235. The third-order valence-electron chi connectivity index (χ3n) is 2.90. The first-order valence-corrected chi connectivity index (χ1v) is 6.35.